The molecule has 2 aromatic rings. The number of nitrogens with two attached hydrogens (primary N) is 1. The molecule has 136 valence electrons. The van der Waals surface area contributed by atoms with E-state index in [9.17, 15) is 14.7 Å². The largest absolute Gasteiger partial charge is 0.393 e. The molecule has 2 amide bonds. The van der Waals surface area contributed by atoms with Gasteiger partial charge < -0.3 is 20.7 Å². The van der Waals surface area contributed by atoms with Crippen molar-refractivity contribution >= 4 is 22.7 Å². The van der Waals surface area contributed by atoms with E-state index in [4.69, 9.17) is 5.73 Å². The SMILES string of the molecule is CC(O)CCCn1cc(C(=O)NC(C(N)=O)C(C)C)c2ccccc21. The molecule has 1 heterocycles. The van der Waals surface area contributed by atoms with Gasteiger partial charge in [0.25, 0.3) is 5.91 Å². The van der Waals surface area contributed by atoms with Gasteiger partial charge in [-0.05, 0) is 31.7 Å². The molecule has 6 nitrogen and oxygen atoms in total. The second-order valence-electron chi connectivity index (χ2n) is 6.84. The highest BCUT2D eigenvalue weighted by Crippen LogP contribution is 2.22. The quantitative estimate of drug-likeness (QED) is 0.683. The van der Waals surface area contributed by atoms with E-state index in [1.165, 1.54) is 0 Å². The fourth-order valence-corrected chi connectivity index (χ4v) is 2.96. The number of primary amides is 1. The summed E-state index contributed by atoms with van der Waals surface area (Å²) in [7, 11) is 0. The fraction of sp³-hybridized carbons (Fsp3) is 0.474. The summed E-state index contributed by atoms with van der Waals surface area (Å²) in [5.41, 5.74) is 6.88. The topological polar surface area (TPSA) is 97.3 Å². The predicted molar refractivity (Wildman–Crippen MR) is 98.1 cm³/mol. The van der Waals surface area contributed by atoms with Gasteiger partial charge in [0.05, 0.1) is 11.7 Å². The van der Waals surface area contributed by atoms with Crippen molar-refractivity contribution in [2.45, 2.75) is 52.3 Å². The molecule has 2 rings (SSSR count). The maximum atomic E-state index is 12.7. The van der Waals surface area contributed by atoms with Gasteiger partial charge in [0.1, 0.15) is 6.04 Å². The number of aromatic nitrogens is 1. The molecule has 0 spiro atoms. The number of nitrogens with one attached hydrogen (secondary N) is 1. The van der Waals surface area contributed by atoms with E-state index in [0.717, 1.165) is 17.3 Å². The second-order valence-corrected chi connectivity index (χ2v) is 6.84. The van der Waals surface area contributed by atoms with Gasteiger partial charge in [-0.1, -0.05) is 32.0 Å². The monoisotopic (exact) mass is 345 g/mol. The lowest BCUT2D eigenvalue weighted by Gasteiger charge is -2.18. The third-order valence-corrected chi connectivity index (χ3v) is 4.31. The average Bonchev–Trinajstić information content (AvgIpc) is 2.90. The summed E-state index contributed by atoms with van der Waals surface area (Å²) in [4.78, 5) is 24.3. The predicted octanol–water partition coefficient (Wildman–Crippen LogP) is 2.04. The number of aliphatic hydroxyl groups excluding tert-OH is 1. The Morgan fingerprint density at radius 3 is 2.52 bits per heavy atom. The van der Waals surface area contributed by atoms with Gasteiger partial charge in [0.2, 0.25) is 5.91 Å². The lowest BCUT2D eigenvalue weighted by Crippen LogP contribution is -2.47. The van der Waals surface area contributed by atoms with Gasteiger partial charge >= 0.3 is 0 Å². The minimum atomic E-state index is -0.704. The molecule has 2 unspecified atom stereocenters. The molecular weight excluding hydrogens is 318 g/mol. The number of rotatable bonds is 8. The lowest BCUT2D eigenvalue weighted by atomic mass is 10.0. The molecule has 6 heteroatoms. The van der Waals surface area contributed by atoms with Crippen molar-refractivity contribution in [3.05, 3.63) is 36.0 Å². The van der Waals surface area contributed by atoms with Gasteiger partial charge in [0.15, 0.2) is 0 Å². The first kappa shape index (κ1) is 19.0. The smallest absolute Gasteiger partial charge is 0.254 e. The van der Waals surface area contributed by atoms with Gasteiger partial charge in [0, 0.05) is 23.6 Å². The standard InChI is InChI=1S/C19H27N3O3/c1-12(2)17(18(20)24)21-19(25)15-11-22(10-6-7-13(3)23)16-9-5-4-8-14(15)16/h4-5,8-9,11-13,17,23H,6-7,10H2,1-3H3,(H2,20,24)(H,21,25). The number of hydrogen-bond donors (Lipinski definition) is 3. The number of nitrogens with zero attached hydrogens (tertiary/aromatic N) is 1. The fourth-order valence-electron chi connectivity index (χ4n) is 2.96. The first-order valence-electron chi connectivity index (χ1n) is 8.67. The number of carbonyl (C=O) groups excluding carboxylic acids is 2. The molecule has 1 aromatic carbocycles. The van der Waals surface area contributed by atoms with Crippen LogP contribution in [0.15, 0.2) is 30.5 Å². The van der Waals surface area contributed by atoms with Crippen LogP contribution in [0.4, 0.5) is 0 Å². The van der Waals surface area contributed by atoms with Crippen molar-refractivity contribution < 1.29 is 14.7 Å². The van der Waals surface area contributed by atoms with Gasteiger partial charge in [-0.3, -0.25) is 9.59 Å². The van der Waals surface area contributed by atoms with Crippen LogP contribution in [0.25, 0.3) is 10.9 Å². The Hall–Kier alpha value is -2.34. The number of benzene rings is 1. The molecule has 0 saturated heterocycles. The Labute approximate surface area is 148 Å². The van der Waals surface area contributed by atoms with E-state index in [2.05, 4.69) is 5.32 Å². The molecule has 0 bridgehead atoms. The number of hydrogen-bond acceptors (Lipinski definition) is 3. The summed E-state index contributed by atoms with van der Waals surface area (Å²) in [6.45, 7) is 6.16. The van der Waals surface area contributed by atoms with Crippen molar-refractivity contribution in [2.75, 3.05) is 0 Å². The Balaban J connectivity index is 2.28. The molecule has 4 N–H and O–H groups in total. The summed E-state index contributed by atoms with van der Waals surface area (Å²) >= 11 is 0. The van der Waals surface area contributed by atoms with Crippen LogP contribution in [0.5, 0.6) is 0 Å². The molecule has 25 heavy (non-hydrogen) atoms. The summed E-state index contributed by atoms with van der Waals surface area (Å²) < 4.78 is 2.02. The van der Waals surface area contributed by atoms with E-state index in [-0.39, 0.29) is 17.9 Å². The molecule has 0 aliphatic heterocycles. The van der Waals surface area contributed by atoms with Crippen molar-refractivity contribution in [3.63, 3.8) is 0 Å². The third kappa shape index (κ3) is 4.60. The van der Waals surface area contributed by atoms with E-state index < -0.39 is 11.9 Å². The molecule has 0 saturated carbocycles. The summed E-state index contributed by atoms with van der Waals surface area (Å²) in [6, 6.07) is 6.96. The van der Waals surface area contributed by atoms with Crippen molar-refractivity contribution in [2.24, 2.45) is 11.7 Å². The van der Waals surface area contributed by atoms with Crippen LogP contribution in [0.3, 0.4) is 0 Å². The molecular formula is C19H27N3O3. The highest BCUT2D eigenvalue weighted by atomic mass is 16.3. The van der Waals surface area contributed by atoms with Crippen LogP contribution in [0.2, 0.25) is 0 Å². The zero-order valence-electron chi connectivity index (χ0n) is 15.0. The number of aryl methyl sites for hydroxylation is 1. The van der Waals surface area contributed by atoms with Crippen LogP contribution in [-0.2, 0) is 11.3 Å². The first-order chi connectivity index (χ1) is 11.8. The average molecular weight is 345 g/mol. The van der Waals surface area contributed by atoms with Crippen molar-refractivity contribution in [3.8, 4) is 0 Å². The van der Waals surface area contributed by atoms with E-state index in [1.54, 1.807) is 13.1 Å². The molecule has 0 aliphatic carbocycles. The minimum absolute atomic E-state index is 0.0826. The molecule has 0 aliphatic rings. The molecule has 0 fully saturated rings. The van der Waals surface area contributed by atoms with E-state index in [1.807, 2.05) is 42.7 Å². The van der Waals surface area contributed by atoms with Crippen LogP contribution >= 0.6 is 0 Å². The summed E-state index contributed by atoms with van der Waals surface area (Å²) in [6.07, 6.45) is 2.98. The molecule has 0 radical (unpaired) electrons. The number of para-hydroxylation sites is 1. The highest BCUT2D eigenvalue weighted by molar-refractivity contribution is 6.08. The molecule has 2 atom stereocenters. The van der Waals surface area contributed by atoms with Crippen molar-refractivity contribution in [1.82, 2.24) is 9.88 Å². The number of carbonyl (C=O) groups is 2. The zero-order chi connectivity index (χ0) is 18.6. The zero-order valence-corrected chi connectivity index (χ0v) is 15.0. The van der Waals surface area contributed by atoms with Crippen LogP contribution in [0.1, 0.15) is 44.0 Å². The van der Waals surface area contributed by atoms with Crippen LogP contribution in [0, 0.1) is 5.92 Å². The number of fused-ring (bicyclic) bond motifs is 1. The Bertz CT molecular complexity index is 749. The normalized spacial score (nSPS) is 13.8. The first-order valence-corrected chi connectivity index (χ1v) is 8.67. The van der Waals surface area contributed by atoms with Crippen LogP contribution < -0.4 is 11.1 Å². The number of aliphatic hydroxyl groups is 1. The molecule has 1 aromatic heterocycles. The minimum Gasteiger partial charge on any atom is -0.393 e. The summed E-state index contributed by atoms with van der Waals surface area (Å²) in [5, 5.41) is 13.0. The maximum Gasteiger partial charge on any atom is 0.254 e. The van der Waals surface area contributed by atoms with Crippen molar-refractivity contribution in [1.29, 1.82) is 0 Å². The van der Waals surface area contributed by atoms with Gasteiger partial charge in [-0.2, -0.15) is 0 Å². The summed E-state index contributed by atoms with van der Waals surface area (Å²) in [5.74, 6) is -0.923. The second kappa shape index (κ2) is 8.16. The third-order valence-electron chi connectivity index (χ3n) is 4.31. The Morgan fingerprint density at radius 2 is 1.92 bits per heavy atom. The van der Waals surface area contributed by atoms with Gasteiger partial charge in [-0.15, -0.1) is 0 Å². The lowest BCUT2D eigenvalue weighted by molar-refractivity contribution is -0.120. The highest BCUT2D eigenvalue weighted by Gasteiger charge is 2.24. The Kier molecular flexibility index (Phi) is 6.20. The Morgan fingerprint density at radius 1 is 1.24 bits per heavy atom. The van der Waals surface area contributed by atoms with Gasteiger partial charge in [-0.25, -0.2) is 0 Å². The van der Waals surface area contributed by atoms with E-state index in [0.29, 0.717) is 18.5 Å². The van der Waals surface area contributed by atoms with E-state index >= 15 is 0 Å². The van der Waals surface area contributed by atoms with Crippen LogP contribution in [-0.4, -0.2) is 33.6 Å². The maximum absolute atomic E-state index is 12.7. The number of amides is 2.